The lowest BCUT2D eigenvalue weighted by molar-refractivity contribution is -0.141. The van der Waals surface area contributed by atoms with Crippen molar-refractivity contribution in [3.63, 3.8) is 0 Å². The zero-order valence-corrected chi connectivity index (χ0v) is 28.9. The topological polar surface area (TPSA) is 122 Å². The number of aliphatic carboxylic acids is 1. The van der Waals surface area contributed by atoms with Gasteiger partial charge in [-0.15, -0.1) is 0 Å². The Morgan fingerprint density at radius 3 is 1.81 bits per heavy atom. The number of hydrogen-bond donors (Lipinski definition) is 4. The lowest BCUT2D eigenvalue weighted by Crippen LogP contribution is -2.52. The van der Waals surface area contributed by atoms with Crippen LogP contribution in [0.1, 0.15) is 34.2 Å². The number of fused-ring (bicyclic) bond motifs is 1. The molecule has 0 aliphatic rings. The number of alkyl carbamates (subject to hydrolysis) is 1. The molecule has 0 radical (unpaired) electrons. The third-order valence-electron chi connectivity index (χ3n) is 9.23. The molecule has 9 heteroatoms. The molecule has 5 aromatic carbocycles. The van der Waals surface area contributed by atoms with Crippen molar-refractivity contribution < 1.29 is 24.2 Å². The molecular weight excluding hydrogens is 652 g/mol. The summed E-state index contributed by atoms with van der Waals surface area (Å²) >= 11 is 0. The average Bonchev–Trinajstić information content (AvgIpc) is 3.50. The maximum Gasteiger partial charge on any atom is 0.407 e. The molecule has 1 aromatic heterocycles. The van der Waals surface area contributed by atoms with Gasteiger partial charge in [0.2, 0.25) is 5.91 Å². The van der Waals surface area contributed by atoms with Crippen molar-refractivity contribution in [3.05, 3.63) is 180 Å². The summed E-state index contributed by atoms with van der Waals surface area (Å²) in [5.74, 6) is -1.65. The van der Waals surface area contributed by atoms with E-state index >= 15 is 0 Å². The molecule has 264 valence electrons. The average molecular weight is 695 g/mol. The summed E-state index contributed by atoms with van der Waals surface area (Å²) in [6, 6.07) is 44.5. The monoisotopic (exact) mass is 694 g/mol. The molecule has 0 saturated heterocycles. The predicted octanol–water partition coefficient (Wildman–Crippen LogP) is 6.56. The van der Waals surface area contributed by atoms with Gasteiger partial charge in [0.05, 0.1) is 6.42 Å². The normalized spacial score (nSPS) is 12.5. The van der Waals surface area contributed by atoms with Crippen LogP contribution in [-0.4, -0.2) is 46.3 Å². The first-order chi connectivity index (χ1) is 25.3. The van der Waals surface area contributed by atoms with Gasteiger partial charge >= 0.3 is 12.1 Å². The summed E-state index contributed by atoms with van der Waals surface area (Å²) < 4.78 is 7.54. The summed E-state index contributed by atoms with van der Waals surface area (Å²) in [4.78, 5) is 39.8. The van der Waals surface area contributed by atoms with E-state index in [1.807, 2.05) is 163 Å². The van der Waals surface area contributed by atoms with Crippen LogP contribution in [0.5, 0.6) is 0 Å². The molecule has 0 fully saturated rings. The first-order valence-corrected chi connectivity index (χ1v) is 17.3. The van der Waals surface area contributed by atoms with Crippen molar-refractivity contribution in [3.8, 4) is 0 Å². The molecule has 2 atom stereocenters. The molecule has 0 aliphatic carbocycles. The van der Waals surface area contributed by atoms with Gasteiger partial charge in [0.1, 0.15) is 18.2 Å². The lowest BCUT2D eigenvalue weighted by Gasteiger charge is -2.37. The second-order valence-corrected chi connectivity index (χ2v) is 12.8. The number of carboxylic acid groups (broad SMARTS) is 1. The number of para-hydroxylation sites is 1. The smallest absolute Gasteiger partial charge is 0.407 e. The third kappa shape index (κ3) is 8.39. The minimum absolute atomic E-state index is 0.0646. The van der Waals surface area contributed by atoms with E-state index < -0.39 is 35.6 Å². The minimum atomic E-state index is -1.25. The van der Waals surface area contributed by atoms with Gasteiger partial charge in [-0.1, -0.05) is 140 Å². The van der Waals surface area contributed by atoms with Crippen LogP contribution >= 0.6 is 0 Å². The highest BCUT2D eigenvalue weighted by Gasteiger charge is 2.38. The van der Waals surface area contributed by atoms with E-state index in [1.165, 1.54) is 0 Å². The fourth-order valence-corrected chi connectivity index (χ4v) is 6.72. The van der Waals surface area contributed by atoms with Gasteiger partial charge < -0.3 is 30.4 Å². The number of rotatable bonds is 15. The van der Waals surface area contributed by atoms with Crippen molar-refractivity contribution in [2.45, 2.75) is 37.1 Å². The summed E-state index contributed by atoms with van der Waals surface area (Å²) in [7, 11) is 1.96. The SMILES string of the molecule is Cn1cc(C[C@@H](CNC(CC(=O)NC(c2ccccc2)(c2ccccc2)c2ccccc2)C(=O)O)NC(=O)OCc2ccccc2)c2ccccc21. The summed E-state index contributed by atoms with van der Waals surface area (Å²) in [6.07, 6.45) is 1.42. The summed E-state index contributed by atoms with van der Waals surface area (Å²) in [6.45, 7) is 0.153. The van der Waals surface area contributed by atoms with Crippen LogP contribution in [0.15, 0.2) is 152 Å². The number of carboxylic acids is 1. The highest BCUT2D eigenvalue weighted by Crippen LogP contribution is 2.37. The molecule has 1 unspecified atom stereocenters. The second kappa shape index (κ2) is 16.7. The van der Waals surface area contributed by atoms with E-state index in [9.17, 15) is 19.5 Å². The Labute approximate surface area is 303 Å². The fourth-order valence-electron chi connectivity index (χ4n) is 6.72. The Balaban J connectivity index is 1.23. The van der Waals surface area contributed by atoms with Gasteiger partial charge in [-0.3, -0.25) is 9.59 Å². The number of nitrogens with one attached hydrogen (secondary N) is 3. The zero-order valence-electron chi connectivity index (χ0n) is 28.9. The molecule has 0 spiro atoms. The van der Waals surface area contributed by atoms with Crippen molar-refractivity contribution in [1.29, 1.82) is 0 Å². The molecule has 1 heterocycles. The van der Waals surface area contributed by atoms with Crippen LogP contribution in [0.3, 0.4) is 0 Å². The highest BCUT2D eigenvalue weighted by atomic mass is 16.5. The molecular formula is C43H42N4O5. The minimum Gasteiger partial charge on any atom is -0.480 e. The quantitative estimate of drug-likeness (QED) is 0.0905. The lowest BCUT2D eigenvalue weighted by atomic mass is 9.77. The third-order valence-corrected chi connectivity index (χ3v) is 9.23. The Bertz CT molecular complexity index is 1990. The molecule has 0 saturated carbocycles. The first kappa shape index (κ1) is 35.6. The number of carbonyl (C=O) groups is 3. The van der Waals surface area contributed by atoms with Crippen molar-refractivity contribution in [2.75, 3.05) is 6.54 Å². The van der Waals surface area contributed by atoms with Crippen molar-refractivity contribution in [2.24, 2.45) is 7.05 Å². The van der Waals surface area contributed by atoms with Crippen molar-refractivity contribution in [1.82, 2.24) is 20.5 Å². The Kier molecular flexibility index (Phi) is 11.4. The standard InChI is InChI=1S/C43H42N4O5/c1-47-29-32(37-24-14-15-25-39(37)47)26-36(45-42(51)52-30-31-16-6-2-7-17-31)28-44-38(41(49)50)27-40(48)46-43(33-18-8-3-9-19-33,34-20-10-4-11-21-34)35-22-12-5-13-23-35/h2-25,29,36,38,44H,26-28,30H2,1H3,(H,45,51)(H,46,48)(H,49,50)/t36-,38?/m0/s1. The van der Waals surface area contributed by atoms with Gasteiger partial charge in [0.25, 0.3) is 0 Å². The van der Waals surface area contributed by atoms with Crippen molar-refractivity contribution >= 4 is 28.9 Å². The van der Waals surface area contributed by atoms with E-state index in [0.29, 0.717) is 6.42 Å². The van der Waals surface area contributed by atoms with Gasteiger partial charge in [-0.25, -0.2) is 4.79 Å². The van der Waals surface area contributed by atoms with Crippen LogP contribution in [0.2, 0.25) is 0 Å². The van der Waals surface area contributed by atoms with Crippen LogP contribution < -0.4 is 16.0 Å². The molecule has 2 amide bonds. The number of carbonyl (C=O) groups excluding carboxylic acids is 2. The molecule has 52 heavy (non-hydrogen) atoms. The van der Waals surface area contributed by atoms with E-state index in [1.54, 1.807) is 0 Å². The number of benzene rings is 5. The largest absolute Gasteiger partial charge is 0.480 e. The molecule has 9 nitrogen and oxygen atoms in total. The van der Waals surface area contributed by atoms with Crippen LogP contribution in [0, 0.1) is 0 Å². The Morgan fingerprint density at radius 1 is 0.731 bits per heavy atom. The number of aryl methyl sites for hydroxylation is 1. The number of nitrogens with zero attached hydrogens (tertiary/aromatic N) is 1. The molecule has 0 bridgehead atoms. The maximum atomic E-state index is 14.1. The van der Waals surface area contributed by atoms with E-state index in [4.69, 9.17) is 4.74 Å². The second-order valence-electron chi connectivity index (χ2n) is 12.8. The highest BCUT2D eigenvalue weighted by molar-refractivity contribution is 5.86. The van der Waals surface area contributed by atoms with Gasteiger partial charge in [-0.05, 0) is 40.3 Å². The Hall–Kier alpha value is -6.19. The van der Waals surface area contributed by atoms with E-state index in [2.05, 4.69) is 16.0 Å². The number of amides is 2. The first-order valence-electron chi connectivity index (χ1n) is 17.3. The number of aromatic nitrogens is 1. The number of ether oxygens (including phenoxy) is 1. The van der Waals surface area contributed by atoms with Crippen LogP contribution in [0.4, 0.5) is 4.79 Å². The maximum absolute atomic E-state index is 14.1. The zero-order chi connectivity index (χ0) is 36.3. The summed E-state index contributed by atoms with van der Waals surface area (Å²) in [5, 5.41) is 20.6. The van der Waals surface area contributed by atoms with Crippen LogP contribution in [0.25, 0.3) is 10.9 Å². The van der Waals surface area contributed by atoms with E-state index in [0.717, 1.165) is 38.7 Å². The molecule has 6 aromatic rings. The van der Waals surface area contributed by atoms with E-state index in [-0.39, 0.29) is 19.6 Å². The van der Waals surface area contributed by atoms with Gasteiger partial charge in [0.15, 0.2) is 0 Å². The predicted molar refractivity (Wildman–Crippen MR) is 202 cm³/mol. The Morgan fingerprint density at radius 2 is 1.25 bits per heavy atom. The number of hydrogen-bond acceptors (Lipinski definition) is 5. The van der Waals surface area contributed by atoms with Crippen LogP contribution in [-0.2, 0) is 39.9 Å². The molecule has 4 N–H and O–H groups in total. The van der Waals surface area contributed by atoms with Gasteiger partial charge in [-0.2, -0.15) is 0 Å². The van der Waals surface area contributed by atoms with Gasteiger partial charge in [0, 0.05) is 36.7 Å². The fraction of sp³-hybridized carbons (Fsp3) is 0.186. The summed E-state index contributed by atoms with van der Waals surface area (Å²) in [5.41, 5.74) is 4.25. The molecule has 6 rings (SSSR count). The molecule has 0 aliphatic heterocycles.